The predicted molar refractivity (Wildman–Crippen MR) is 78.8 cm³/mol. The lowest BCUT2D eigenvalue weighted by Gasteiger charge is -2.13. The van der Waals surface area contributed by atoms with Crippen LogP contribution in [-0.2, 0) is 4.74 Å². The first-order chi connectivity index (χ1) is 9.99. The first kappa shape index (κ1) is 16.2. The molecule has 1 heterocycles. The van der Waals surface area contributed by atoms with Gasteiger partial charge in [-0.25, -0.2) is 4.98 Å². The number of imidazole rings is 1. The summed E-state index contributed by atoms with van der Waals surface area (Å²) in [5.41, 5.74) is 0.913. The van der Waals surface area contributed by atoms with Crippen LogP contribution in [0.15, 0.2) is 29.4 Å². The van der Waals surface area contributed by atoms with Gasteiger partial charge in [-0.15, -0.1) is 0 Å². The molecule has 21 heavy (non-hydrogen) atoms. The SMILES string of the molecule is CC(C)OCC(O)CSc1nc2ccccc2n1C(F)F. The third kappa shape index (κ3) is 4.15. The van der Waals surface area contributed by atoms with Crippen molar-refractivity contribution in [3.05, 3.63) is 24.3 Å². The van der Waals surface area contributed by atoms with Crippen LogP contribution in [0.3, 0.4) is 0 Å². The Bertz CT molecular complexity index is 589. The second kappa shape index (κ2) is 7.20. The second-order valence-corrected chi connectivity index (χ2v) is 5.86. The highest BCUT2D eigenvalue weighted by Crippen LogP contribution is 2.29. The number of nitrogens with zero attached hydrogens (tertiary/aromatic N) is 2. The van der Waals surface area contributed by atoms with Crippen LogP contribution >= 0.6 is 11.8 Å². The van der Waals surface area contributed by atoms with E-state index in [-0.39, 0.29) is 23.6 Å². The summed E-state index contributed by atoms with van der Waals surface area (Å²) in [4.78, 5) is 4.20. The Balaban J connectivity index is 2.09. The number of hydrogen-bond donors (Lipinski definition) is 1. The van der Waals surface area contributed by atoms with Gasteiger partial charge >= 0.3 is 6.55 Å². The zero-order valence-corrected chi connectivity index (χ0v) is 12.7. The number of aliphatic hydroxyl groups excluding tert-OH is 1. The average molecular weight is 316 g/mol. The van der Waals surface area contributed by atoms with Crippen molar-refractivity contribution < 1.29 is 18.6 Å². The number of fused-ring (bicyclic) bond motifs is 1. The number of aromatic nitrogens is 2. The maximum atomic E-state index is 13.2. The van der Waals surface area contributed by atoms with Crippen LogP contribution in [0.4, 0.5) is 8.78 Å². The van der Waals surface area contributed by atoms with Gasteiger partial charge in [0.25, 0.3) is 0 Å². The molecule has 0 aliphatic rings. The van der Waals surface area contributed by atoms with Crippen molar-refractivity contribution in [3.63, 3.8) is 0 Å². The maximum Gasteiger partial charge on any atom is 0.321 e. The molecule has 1 aromatic heterocycles. The zero-order chi connectivity index (χ0) is 15.4. The number of ether oxygens (including phenoxy) is 1. The van der Waals surface area contributed by atoms with Gasteiger partial charge < -0.3 is 9.84 Å². The van der Waals surface area contributed by atoms with Crippen molar-refractivity contribution in [2.24, 2.45) is 0 Å². The van der Waals surface area contributed by atoms with Crippen molar-refractivity contribution >= 4 is 22.8 Å². The molecule has 7 heteroatoms. The highest BCUT2D eigenvalue weighted by atomic mass is 32.2. The molecule has 0 radical (unpaired) electrons. The lowest BCUT2D eigenvalue weighted by molar-refractivity contribution is 0.0151. The second-order valence-electron chi connectivity index (χ2n) is 4.88. The van der Waals surface area contributed by atoms with E-state index in [4.69, 9.17) is 4.74 Å². The number of benzene rings is 1. The molecule has 0 aliphatic carbocycles. The van der Waals surface area contributed by atoms with E-state index in [1.807, 2.05) is 13.8 Å². The summed E-state index contributed by atoms with van der Waals surface area (Å²) in [6.45, 7) is 1.26. The van der Waals surface area contributed by atoms with E-state index < -0.39 is 12.7 Å². The quantitative estimate of drug-likeness (QED) is 0.796. The molecular weight excluding hydrogens is 298 g/mol. The minimum absolute atomic E-state index is 0.0234. The Hall–Kier alpha value is -1.18. The molecule has 1 unspecified atom stereocenters. The van der Waals surface area contributed by atoms with Crippen molar-refractivity contribution in [1.82, 2.24) is 9.55 Å². The van der Waals surface area contributed by atoms with Crippen molar-refractivity contribution in [3.8, 4) is 0 Å². The van der Waals surface area contributed by atoms with Gasteiger partial charge in [0.2, 0.25) is 0 Å². The minimum atomic E-state index is -2.66. The molecule has 0 saturated carbocycles. The number of halogens is 2. The third-order valence-electron chi connectivity index (χ3n) is 2.79. The van der Waals surface area contributed by atoms with Gasteiger partial charge in [0, 0.05) is 5.75 Å². The van der Waals surface area contributed by atoms with Crippen LogP contribution in [0.1, 0.15) is 20.4 Å². The summed E-state index contributed by atoms with van der Waals surface area (Å²) in [6, 6.07) is 6.75. The molecule has 2 aromatic rings. The van der Waals surface area contributed by atoms with Gasteiger partial charge in [-0.1, -0.05) is 23.9 Å². The molecule has 0 bridgehead atoms. The maximum absolute atomic E-state index is 13.2. The number of aliphatic hydroxyl groups is 1. The highest BCUT2D eigenvalue weighted by molar-refractivity contribution is 7.99. The van der Waals surface area contributed by atoms with Crippen LogP contribution in [-0.4, -0.2) is 39.2 Å². The lowest BCUT2D eigenvalue weighted by atomic mass is 10.3. The van der Waals surface area contributed by atoms with Crippen LogP contribution < -0.4 is 0 Å². The number of para-hydroxylation sites is 2. The highest BCUT2D eigenvalue weighted by Gasteiger charge is 2.19. The predicted octanol–water partition coefficient (Wildman–Crippen LogP) is 3.31. The monoisotopic (exact) mass is 316 g/mol. The Morgan fingerprint density at radius 3 is 2.71 bits per heavy atom. The summed E-state index contributed by atoms with van der Waals surface area (Å²) in [5, 5.41) is 10.00. The molecular formula is C14H18F2N2O2S. The molecule has 116 valence electrons. The standard InChI is InChI=1S/C14H18F2N2O2S/c1-9(2)20-7-10(19)8-21-14-17-11-5-3-4-6-12(11)18(14)13(15)16/h3-6,9-10,13,19H,7-8H2,1-2H3. The van der Waals surface area contributed by atoms with E-state index >= 15 is 0 Å². The fraction of sp³-hybridized carbons (Fsp3) is 0.500. The fourth-order valence-electron chi connectivity index (χ4n) is 1.84. The van der Waals surface area contributed by atoms with Gasteiger partial charge in [-0.2, -0.15) is 8.78 Å². The van der Waals surface area contributed by atoms with Crippen LogP contribution in [0, 0.1) is 0 Å². The summed E-state index contributed by atoms with van der Waals surface area (Å²) < 4.78 is 32.6. The van der Waals surface area contributed by atoms with Crippen molar-refractivity contribution in [2.45, 2.75) is 37.8 Å². The number of alkyl halides is 2. The molecule has 0 saturated heterocycles. The molecule has 1 atom stereocenters. The molecule has 1 aromatic carbocycles. The average Bonchev–Trinajstić information content (AvgIpc) is 2.81. The summed E-state index contributed by atoms with van der Waals surface area (Å²) in [6.07, 6.45) is -0.696. The zero-order valence-electron chi connectivity index (χ0n) is 11.9. The first-order valence-corrected chi connectivity index (χ1v) is 7.65. The summed E-state index contributed by atoms with van der Waals surface area (Å²) in [7, 11) is 0. The van der Waals surface area contributed by atoms with Crippen LogP contribution in [0.2, 0.25) is 0 Å². The Morgan fingerprint density at radius 2 is 2.05 bits per heavy atom. The molecule has 0 spiro atoms. The van der Waals surface area contributed by atoms with Gasteiger partial charge in [0.1, 0.15) is 0 Å². The Kier molecular flexibility index (Phi) is 5.55. The summed E-state index contributed by atoms with van der Waals surface area (Å²) >= 11 is 1.10. The number of thioether (sulfide) groups is 1. The third-order valence-corrected chi connectivity index (χ3v) is 3.88. The Morgan fingerprint density at radius 1 is 1.33 bits per heavy atom. The van der Waals surface area contributed by atoms with Crippen molar-refractivity contribution in [2.75, 3.05) is 12.4 Å². The molecule has 0 fully saturated rings. The number of hydrogen-bond acceptors (Lipinski definition) is 4. The fourth-order valence-corrected chi connectivity index (χ4v) is 2.75. The topological polar surface area (TPSA) is 47.3 Å². The van der Waals surface area contributed by atoms with Crippen LogP contribution in [0.5, 0.6) is 0 Å². The van der Waals surface area contributed by atoms with E-state index in [0.717, 1.165) is 16.3 Å². The van der Waals surface area contributed by atoms with E-state index in [9.17, 15) is 13.9 Å². The largest absolute Gasteiger partial charge is 0.390 e. The lowest BCUT2D eigenvalue weighted by Crippen LogP contribution is -2.20. The summed E-state index contributed by atoms with van der Waals surface area (Å²) in [5.74, 6) is 0.253. The number of rotatable bonds is 7. The van der Waals surface area contributed by atoms with E-state index in [2.05, 4.69) is 4.98 Å². The van der Waals surface area contributed by atoms with Gasteiger partial charge in [0.15, 0.2) is 5.16 Å². The van der Waals surface area contributed by atoms with E-state index in [1.54, 1.807) is 24.3 Å². The molecule has 1 N–H and O–H groups in total. The molecule has 2 rings (SSSR count). The smallest absolute Gasteiger partial charge is 0.321 e. The van der Waals surface area contributed by atoms with Gasteiger partial charge in [0.05, 0.1) is 29.8 Å². The molecule has 0 aliphatic heterocycles. The van der Waals surface area contributed by atoms with Crippen molar-refractivity contribution in [1.29, 1.82) is 0 Å². The molecule has 0 amide bonds. The van der Waals surface area contributed by atoms with E-state index in [1.165, 1.54) is 0 Å². The minimum Gasteiger partial charge on any atom is -0.390 e. The normalized spacial score (nSPS) is 13.5. The Labute approximate surface area is 126 Å². The van der Waals surface area contributed by atoms with E-state index in [0.29, 0.717) is 11.0 Å². The van der Waals surface area contributed by atoms with Gasteiger partial charge in [-0.3, -0.25) is 4.57 Å². The first-order valence-electron chi connectivity index (χ1n) is 6.66. The van der Waals surface area contributed by atoms with Gasteiger partial charge in [-0.05, 0) is 26.0 Å². The molecule has 4 nitrogen and oxygen atoms in total. The van der Waals surface area contributed by atoms with Crippen LogP contribution in [0.25, 0.3) is 11.0 Å².